The third-order valence-electron chi connectivity index (χ3n) is 5.91. The van der Waals surface area contributed by atoms with Crippen molar-refractivity contribution in [2.45, 2.75) is 24.7 Å². The molecule has 0 N–H and O–H groups in total. The highest BCUT2D eigenvalue weighted by atomic mass is 35.5. The van der Waals surface area contributed by atoms with E-state index in [1.54, 1.807) is 4.90 Å². The van der Waals surface area contributed by atoms with Crippen LogP contribution in [0.5, 0.6) is 5.75 Å². The number of hydrogen-bond acceptors (Lipinski definition) is 8. The molecule has 1 amide bonds. The largest absolute Gasteiger partial charge is 0.494 e. The van der Waals surface area contributed by atoms with Crippen LogP contribution in [0.2, 0.25) is 5.02 Å². The van der Waals surface area contributed by atoms with Crippen LogP contribution in [0.25, 0.3) is 10.2 Å². The van der Waals surface area contributed by atoms with E-state index in [9.17, 15) is 13.2 Å². The molecule has 0 radical (unpaired) electrons. The summed E-state index contributed by atoms with van der Waals surface area (Å²) < 4.78 is 37.5. The summed E-state index contributed by atoms with van der Waals surface area (Å²) in [5.41, 5.74) is 0.776. The molecule has 11 heteroatoms. The number of anilines is 1. The molecule has 1 fully saturated rings. The maximum absolute atomic E-state index is 13.4. The summed E-state index contributed by atoms with van der Waals surface area (Å²) in [6.07, 6.45) is 0.610. The zero-order valence-corrected chi connectivity index (χ0v) is 22.6. The van der Waals surface area contributed by atoms with Crippen molar-refractivity contribution >= 4 is 54.0 Å². The second kappa shape index (κ2) is 12.3. The summed E-state index contributed by atoms with van der Waals surface area (Å²) in [5, 5.41) is 1.02. The number of amides is 1. The van der Waals surface area contributed by atoms with Gasteiger partial charge < -0.3 is 9.47 Å². The molecule has 0 saturated carbocycles. The fraction of sp³-hybridized carbons (Fsp3) is 0.440. The van der Waals surface area contributed by atoms with Gasteiger partial charge in [-0.05, 0) is 55.8 Å². The van der Waals surface area contributed by atoms with Gasteiger partial charge in [0.25, 0.3) is 0 Å². The summed E-state index contributed by atoms with van der Waals surface area (Å²) in [7, 11) is -3.62. The van der Waals surface area contributed by atoms with Gasteiger partial charge in [-0.3, -0.25) is 14.6 Å². The van der Waals surface area contributed by atoms with E-state index < -0.39 is 9.84 Å². The van der Waals surface area contributed by atoms with E-state index in [0.29, 0.717) is 36.5 Å². The van der Waals surface area contributed by atoms with Crippen molar-refractivity contribution in [1.29, 1.82) is 0 Å². The van der Waals surface area contributed by atoms with Crippen LogP contribution in [0.15, 0.2) is 47.4 Å². The topological polar surface area (TPSA) is 89.0 Å². The van der Waals surface area contributed by atoms with Crippen molar-refractivity contribution in [1.82, 2.24) is 9.88 Å². The van der Waals surface area contributed by atoms with Crippen molar-refractivity contribution < 1.29 is 22.7 Å². The Morgan fingerprint density at radius 3 is 2.67 bits per heavy atom. The van der Waals surface area contributed by atoms with E-state index in [-0.39, 0.29) is 23.0 Å². The van der Waals surface area contributed by atoms with Crippen LogP contribution in [-0.2, 0) is 19.4 Å². The SMILES string of the molecule is CCOc1ccc2nc(N(CCCN3CCOCC3)C(=O)CCS(=O)(=O)c3ccc(Cl)cc3)sc2c1. The molecule has 0 atom stereocenters. The fourth-order valence-electron chi connectivity index (χ4n) is 3.99. The Kier molecular flexibility index (Phi) is 9.19. The monoisotopic (exact) mass is 551 g/mol. The zero-order valence-electron chi connectivity index (χ0n) is 20.2. The first-order valence-corrected chi connectivity index (χ1v) is 14.8. The summed E-state index contributed by atoms with van der Waals surface area (Å²) in [4.78, 5) is 22.1. The van der Waals surface area contributed by atoms with Crippen LogP contribution in [0.1, 0.15) is 19.8 Å². The molecule has 194 valence electrons. The van der Waals surface area contributed by atoms with E-state index in [4.69, 9.17) is 21.1 Å². The molecule has 2 aromatic carbocycles. The molecule has 0 bridgehead atoms. The number of fused-ring (bicyclic) bond motifs is 1. The smallest absolute Gasteiger partial charge is 0.229 e. The predicted octanol–water partition coefficient (Wildman–Crippen LogP) is 4.27. The Balaban J connectivity index is 1.50. The third kappa shape index (κ3) is 6.95. The van der Waals surface area contributed by atoms with Crippen LogP contribution in [0.3, 0.4) is 0 Å². The minimum atomic E-state index is -3.62. The van der Waals surface area contributed by atoms with Gasteiger partial charge in [0.05, 0.1) is 40.7 Å². The minimum absolute atomic E-state index is 0.136. The van der Waals surface area contributed by atoms with Gasteiger partial charge in [0.1, 0.15) is 5.75 Å². The molecule has 3 aromatic rings. The van der Waals surface area contributed by atoms with Crippen molar-refractivity contribution in [2.75, 3.05) is 56.7 Å². The molecule has 1 aromatic heterocycles. The number of hydrogen-bond donors (Lipinski definition) is 0. The van der Waals surface area contributed by atoms with Crippen molar-refractivity contribution in [3.8, 4) is 5.75 Å². The molecular formula is C25H30ClN3O5S2. The number of halogens is 1. The first-order chi connectivity index (χ1) is 17.4. The average molecular weight is 552 g/mol. The number of rotatable bonds is 11. The molecule has 1 saturated heterocycles. The first kappa shape index (κ1) is 26.8. The highest BCUT2D eigenvalue weighted by Gasteiger charge is 2.24. The van der Waals surface area contributed by atoms with E-state index in [0.717, 1.165) is 42.0 Å². The quantitative estimate of drug-likeness (QED) is 0.351. The first-order valence-electron chi connectivity index (χ1n) is 12.0. The summed E-state index contributed by atoms with van der Waals surface area (Å²) in [5.74, 6) is 0.199. The standard InChI is InChI=1S/C25H30ClN3O5S2/c1-2-34-20-6-9-22-23(18-20)35-25(27-22)29(12-3-11-28-13-15-33-16-14-28)24(30)10-17-36(31,32)21-7-4-19(26)5-8-21/h4-9,18H,2-3,10-17H2,1H3. The van der Waals surface area contributed by atoms with Crippen LogP contribution in [0, 0.1) is 0 Å². The van der Waals surface area contributed by atoms with Gasteiger partial charge in [-0.1, -0.05) is 22.9 Å². The molecule has 36 heavy (non-hydrogen) atoms. The van der Waals surface area contributed by atoms with E-state index >= 15 is 0 Å². The molecular weight excluding hydrogens is 522 g/mol. The van der Waals surface area contributed by atoms with Gasteiger partial charge in [-0.25, -0.2) is 13.4 Å². The van der Waals surface area contributed by atoms with Crippen molar-refractivity contribution in [2.24, 2.45) is 0 Å². The number of nitrogens with zero attached hydrogens (tertiary/aromatic N) is 3. The van der Waals surface area contributed by atoms with Gasteiger partial charge in [0, 0.05) is 37.6 Å². The zero-order chi connectivity index (χ0) is 25.5. The fourth-order valence-corrected chi connectivity index (χ4v) is 6.38. The molecule has 1 aliphatic rings. The Bertz CT molecular complexity index is 1270. The van der Waals surface area contributed by atoms with E-state index in [2.05, 4.69) is 9.88 Å². The second-order valence-corrected chi connectivity index (χ2v) is 12.0. The Hall–Kier alpha value is -2.24. The number of aromatic nitrogens is 1. The van der Waals surface area contributed by atoms with Crippen LogP contribution < -0.4 is 9.64 Å². The van der Waals surface area contributed by atoms with E-state index in [1.165, 1.54) is 35.6 Å². The third-order valence-corrected chi connectivity index (χ3v) is 8.93. The number of ether oxygens (including phenoxy) is 2. The predicted molar refractivity (Wildman–Crippen MR) is 143 cm³/mol. The molecule has 2 heterocycles. The molecule has 1 aliphatic heterocycles. The molecule has 4 rings (SSSR count). The minimum Gasteiger partial charge on any atom is -0.494 e. The summed E-state index contributed by atoms with van der Waals surface area (Å²) >= 11 is 7.29. The Morgan fingerprint density at radius 2 is 1.94 bits per heavy atom. The van der Waals surface area contributed by atoms with Gasteiger partial charge >= 0.3 is 0 Å². The van der Waals surface area contributed by atoms with Crippen LogP contribution in [0.4, 0.5) is 5.13 Å². The van der Waals surface area contributed by atoms with E-state index in [1.807, 2.05) is 25.1 Å². The average Bonchev–Trinajstić information content (AvgIpc) is 3.29. The van der Waals surface area contributed by atoms with Crippen molar-refractivity contribution in [3.05, 3.63) is 47.5 Å². The van der Waals surface area contributed by atoms with Crippen molar-refractivity contribution in [3.63, 3.8) is 0 Å². The number of sulfone groups is 1. The Labute approximate surface area is 220 Å². The second-order valence-electron chi connectivity index (χ2n) is 8.43. The molecule has 0 spiro atoms. The van der Waals surface area contributed by atoms with Gasteiger partial charge in [0.15, 0.2) is 15.0 Å². The molecule has 0 aliphatic carbocycles. The maximum Gasteiger partial charge on any atom is 0.229 e. The molecule has 8 nitrogen and oxygen atoms in total. The van der Waals surface area contributed by atoms with Gasteiger partial charge in [-0.15, -0.1) is 0 Å². The number of benzene rings is 2. The maximum atomic E-state index is 13.4. The van der Waals surface area contributed by atoms with Crippen LogP contribution in [-0.4, -0.2) is 76.0 Å². The highest BCUT2D eigenvalue weighted by molar-refractivity contribution is 7.91. The number of thiazole rings is 1. The lowest BCUT2D eigenvalue weighted by Crippen LogP contribution is -2.39. The van der Waals surface area contributed by atoms with Gasteiger partial charge in [0.2, 0.25) is 5.91 Å². The summed E-state index contributed by atoms with van der Waals surface area (Å²) in [6.45, 7) is 6.94. The lowest BCUT2D eigenvalue weighted by molar-refractivity contribution is -0.118. The normalized spacial score (nSPS) is 14.7. The number of carbonyl (C=O) groups is 1. The lowest BCUT2D eigenvalue weighted by atomic mass is 10.3. The van der Waals surface area contributed by atoms with Crippen LogP contribution >= 0.6 is 22.9 Å². The number of carbonyl (C=O) groups excluding carboxylic acids is 1. The highest BCUT2D eigenvalue weighted by Crippen LogP contribution is 2.32. The van der Waals surface area contributed by atoms with Gasteiger partial charge in [-0.2, -0.15) is 0 Å². The summed E-state index contributed by atoms with van der Waals surface area (Å²) in [6, 6.07) is 11.6. The lowest BCUT2D eigenvalue weighted by Gasteiger charge is -2.27. The molecule has 0 unspecified atom stereocenters. The number of morpholine rings is 1. The Morgan fingerprint density at radius 1 is 1.19 bits per heavy atom.